The summed E-state index contributed by atoms with van der Waals surface area (Å²) in [7, 11) is 1.35. The number of halogens is 2. The average Bonchev–Trinajstić information content (AvgIpc) is 2.37. The van der Waals surface area contributed by atoms with E-state index in [1.807, 2.05) is 0 Å². The maximum absolute atomic E-state index is 13.9. The second-order valence-electron chi connectivity index (χ2n) is 3.99. The van der Waals surface area contributed by atoms with E-state index in [2.05, 4.69) is 9.97 Å². The van der Waals surface area contributed by atoms with Gasteiger partial charge in [0.05, 0.1) is 12.7 Å². The Balaban J connectivity index is 2.66. The third-order valence-electron chi connectivity index (χ3n) is 2.60. The summed E-state index contributed by atoms with van der Waals surface area (Å²) in [5, 5.41) is 0.250. The van der Waals surface area contributed by atoms with E-state index in [0.717, 1.165) is 6.07 Å². The molecule has 0 aliphatic rings. The Labute approximate surface area is 119 Å². The largest absolute Gasteiger partial charge is 0.491 e. The van der Waals surface area contributed by atoms with Crippen LogP contribution in [0.4, 0.5) is 10.2 Å². The van der Waals surface area contributed by atoms with Crippen LogP contribution in [0.3, 0.4) is 0 Å². The predicted molar refractivity (Wildman–Crippen MR) is 73.4 cm³/mol. The van der Waals surface area contributed by atoms with Crippen molar-refractivity contribution in [1.29, 1.82) is 0 Å². The highest BCUT2D eigenvalue weighted by Gasteiger charge is 2.19. The molecule has 0 fully saturated rings. The van der Waals surface area contributed by atoms with Crippen molar-refractivity contribution >= 4 is 23.2 Å². The maximum atomic E-state index is 13.9. The summed E-state index contributed by atoms with van der Waals surface area (Å²) in [5.74, 6) is -0.904. The van der Waals surface area contributed by atoms with Gasteiger partial charge in [0.15, 0.2) is 28.9 Å². The number of Topliss-reactive ketones (excluding diaryl/α,β-unsaturated/α-hetero) is 1. The maximum Gasteiger partial charge on any atom is 0.190 e. The lowest BCUT2D eigenvalue weighted by Gasteiger charge is -2.10. The number of aromatic nitrogens is 2. The van der Waals surface area contributed by atoms with E-state index in [4.69, 9.17) is 22.1 Å². The first-order chi connectivity index (χ1) is 9.43. The van der Waals surface area contributed by atoms with Crippen LogP contribution >= 0.6 is 11.6 Å². The number of anilines is 1. The van der Waals surface area contributed by atoms with Gasteiger partial charge < -0.3 is 10.5 Å². The van der Waals surface area contributed by atoms with Crippen LogP contribution in [-0.2, 0) is 0 Å². The van der Waals surface area contributed by atoms with Gasteiger partial charge in [0.1, 0.15) is 5.82 Å². The molecule has 20 heavy (non-hydrogen) atoms. The van der Waals surface area contributed by atoms with Crippen molar-refractivity contribution in [2.75, 3.05) is 12.8 Å². The Kier molecular flexibility index (Phi) is 3.85. The smallest absolute Gasteiger partial charge is 0.190 e. The number of rotatable bonds is 3. The molecule has 5 nitrogen and oxygen atoms in total. The SMILES string of the molecule is COc1c(N)nc(-c2ccc(Cl)cc2F)nc1C(C)=O. The van der Waals surface area contributed by atoms with E-state index in [1.165, 1.54) is 26.2 Å². The minimum absolute atomic E-state index is 0.00247. The molecule has 1 heterocycles. The molecule has 0 bridgehead atoms. The fourth-order valence-electron chi connectivity index (χ4n) is 1.70. The van der Waals surface area contributed by atoms with E-state index in [0.29, 0.717) is 0 Å². The van der Waals surface area contributed by atoms with Crippen LogP contribution in [0.5, 0.6) is 5.75 Å². The second-order valence-corrected chi connectivity index (χ2v) is 4.43. The number of nitrogen functional groups attached to an aromatic ring is 1. The molecule has 1 aromatic carbocycles. The van der Waals surface area contributed by atoms with Crippen molar-refractivity contribution in [2.45, 2.75) is 6.92 Å². The standard InChI is InChI=1S/C13H11ClFN3O2/c1-6(19)10-11(20-2)12(16)18-13(17-10)8-4-3-7(14)5-9(8)15/h3-5H,1-2H3,(H2,16,17,18). The highest BCUT2D eigenvalue weighted by atomic mass is 35.5. The van der Waals surface area contributed by atoms with Crippen molar-refractivity contribution < 1.29 is 13.9 Å². The van der Waals surface area contributed by atoms with Gasteiger partial charge in [-0.05, 0) is 18.2 Å². The Bertz CT molecular complexity index is 692. The van der Waals surface area contributed by atoms with E-state index >= 15 is 0 Å². The predicted octanol–water partition coefficient (Wildman–Crippen LogP) is 2.73. The summed E-state index contributed by atoms with van der Waals surface area (Å²) in [6.45, 7) is 1.31. The van der Waals surface area contributed by atoms with Gasteiger partial charge in [-0.1, -0.05) is 11.6 Å². The molecule has 1 aromatic heterocycles. The molecule has 0 saturated heterocycles. The van der Waals surface area contributed by atoms with Crippen molar-refractivity contribution in [1.82, 2.24) is 9.97 Å². The van der Waals surface area contributed by atoms with Crippen LogP contribution in [0.25, 0.3) is 11.4 Å². The molecule has 0 radical (unpaired) electrons. The third kappa shape index (κ3) is 2.55. The van der Waals surface area contributed by atoms with Crippen LogP contribution in [0.2, 0.25) is 5.02 Å². The second kappa shape index (κ2) is 5.42. The summed E-state index contributed by atoms with van der Waals surface area (Å²) < 4.78 is 18.9. The van der Waals surface area contributed by atoms with Gasteiger partial charge in [-0.2, -0.15) is 0 Å². The quantitative estimate of drug-likeness (QED) is 0.881. The molecule has 104 valence electrons. The third-order valence-corrected chi connectivity index (χ3v) is 2.84. The number of carbonyl (C=O) groups is 1. The molecule has 0 atom stereocenters. The number of carbonyl (C=O) groups excluding carboxylic acids is 1. The van der Waals surface area contributed by atoms with Crippen LogP contribution < -0.4 is 10.5 Å². The van der Waals surface area contributed by atoms with Crippen LogP contribution in [0.1, 0.15) is 17.4 Å². The number of nitrogens with two attached hydrogens (primary N) is 1. The number of benzene rings is 1. The number of ketones is 1. The molecule has 0 aliphatic heterocycles. The molecule has 2 rings (SSSR count). The molecule has 0 spiro atoms. The lowest BCUT2D eigenvalue weighted by molar-refractivity contribution is 0.101. The Morgan fingerprint density at radius 2 is 2.10 bits per heavy atom. The summed E-state index contributed by atoms with van der Waals surface area (Å²) in [4.78, 5) is 19.5. The summed E-state index contributed by atoms with van der Waals surface area (Å²) in [6.07, 6.45) is 0. The Morgan fingerprint density at radius 3 is 2.65 bits per heavy atom. The van der Waals surface area contributed by atoms with Crippen LogP contribution in [0, 0.1) is 5.82 Å². The fraction of sp³-hybridized carbons (Fsp3) is 0.154. The van der Waals surface area contributed by atoms with Gasteiger partial charge >= 0.3 is 0 Å². The zero-order valence-corrected chi connectivity index (χ0v) is 11.5. The van der Waals surface area contributed by atoms with Crippen molar-refractivity contribution in [3.63, 3.8) is 0 Å². The van der Waals surface area contributed by atoms with Gasteiger partial charge in [0.25, 0.3) is 0 Å². The zero-order chi connectivity index (χ0) is 14.9. The minimum atomic E-state index is -0.600. The summed E-state index contributed by atoms with van der Waals surface area (Å²) in [6, 6.07) is 4.05. The molecule has 2 aromatic rings. The van der Waals surface area contributed by atoms with E-state index < -0.39 is 5.82 Å². The molecular weight excluding hydrogens is 285 g/mol. The molecule has 0 saturated carbocycles. The number of nitrogens with zero attached hydrogens (tertiary/aromatic N) is 2. The number of ether oxygens (including phenoxy) is 1. The molecule has 0 amide bonds. The van der Waals surface area contributed by atoms with E-state index in [1.54, 1.807) is 0 Å². The number of hydrogen-bond donors (Lipinski definition) is 1. The van der Waals surface area contributed by atoms with Crippen molar-refractivity contribution in [2.24, 2.45) is 0 Å². The molecule has 0 aliphatic carbocycles. The Morgan fingerprint density at radius 1 is 1.40 bits per heavy atom. The highest BCUT2D eigenvalue weighted by Crippen LogP contribution is 2.29. The topological polar surface area (TPSA) is 78.1 Å². The van der Waals surface area contributed by atoms with Gasteiger partial charge in [-0.15, -0.1) is 0 Å². The van der Waals surface area contributed by atoms with Crippen molar-refractivity contribution in [3.8, 4) is 17.1 Å². The zero-order valence-electron chi connectivity index (χ0n) is 10.8. The van der Waals surface area contributed by atoms with Crippen molar-refractivity contribution in [3.05, 3.63) is 34.7 Å². The molecule has 0 unspecified atom stereocenters. The van der Waals surface area contributed by atoms with Gasteiger partial charge in [-0.3, -0.25) is 4.79 Å². The number of hydrogen-bond acceptors (Lipinski definition) is 5. The first kappa shape index (κ1) is 14.2. The van der Waals surface area contributed by atoms with Crippen LogP contribution in [-0.4, -0.2) is 22.9 Å². The van der Waals surface area contributed by atoms with Crippen LogP contribution in [0.15, 0.2) is 18.2 Å². The fourth-order valence-corrected chi connectivity index (χ4v) is 1.86. The monoisotopic (exact) mass is 295 g/mol. The molecular formula is C13H11ClFN3O2. The minimum Gasteiger partial charge on any atom is -0.491 e. The van der Waals surface area contributed by atoms with Gasteiger partial charge in [0.2, 0.25) is 0 Å². The summed E-state index contributed by atoms with van der Waals surface area (Å²) in [5.41, 5.74) is 5.82. The Hall–Kier alpha value is -2.21. The molecule has 7 heteroatoms. The lowest BCUT2D eigenvalue weighted by atomic mass is 10.2. The number of methoxy groups -OCH3 is 1. The average molecular weight is 296 g/mol. The van der Waals surface area contributed by atoms with E-state index in [9.17, 15) is 9.18 Å². The lowest BCUT2D eigenvalue weighted by Crippen LogP contribution is -2.08. The first-order valence-electron chi connectivity index (χ1n) is 5.62. The van der Waals surface area contributed by atoms with E-state index in [-0.39, 0.29) is 39.5 Å². The van der Waals surface area contributed by atoms with Gasteiger partial charge in [-0.25, -0.2) is 14.4 Å². The first-order valence-corrected chi connectivity index (χ1v) is 5.99. The van der Waals surface area contributed by atoms with Gasteiger partial charge in [0, 0.05) is 11.9 Å². The normalized spacial score (nSPS) is 10.4. The highest BCUT2D eigenvalue weighted by molar-refractivity contribution is 6.30. The molecule has 2 N–H and O–H groups in total. The summed E-state index contributed by atoms with van der Waals surface area (Å²) >= 11 is 5.69.